The van der Waals surface area contributed by atoms with E-state index in [1.54, 1.807) is 24.8 Å². The number of nitrogens with zero attached hydrogens (tertiary/aromatic N) is 6. The van der Waals surface area contributed by atoms with E-state index in [-0.39, 0.29) is 12.5 Å². The molecule has 8 nitrogen and oxygen atoms in total. The molecule has 8 heteroatoms. The number of nitrogens with one attached hydrogen (secondary N) is 1. The zero-order chi connectivity index (χ0) is 21.0. The molecule has 1 N–H and O–H groups in total. The van der Waals surface area contributed by atoms with Crippen LogP contribution >= 0.6 is 0 Å². The normalized spacial score (nSPS) is 14.1. The molecule has 1 fully saturated rings. The zero-order valence-corrected chi connectivity index (χ0v) is 17.1. The minimum atomic E-state index is 0.0809. The maximum atomic E-state index is 12.9. The van der Waals surface area contributed by atoms with Gasteiger partial charge >= 0.3 is 0 Å². The summed E-state index contributed by atoms with van der Waals surface area (Å²) in [6, 6.07) is 14.0. The summed E-state index contributed by atoms with van der Waals surface area (Å²) in [5, 5.41) is 3.33. The van der Waals surface area contributed by atoms with Crippen LogP contribution in [0.4, 0.5) is 11.5 Å². The second-order valence-corrected chi connectivity index (χ2v) is 7.41. The number of amides is 1. The Bertz CT molecular complexity index is 1170. The van der Waals surface area contributed by atoms with Gasteiger partial charge in [0.05, 0.1) is 12.7 Å². The average molecular weight is 413 g/mol. The Morgan fingerprint density at radius 2 is 1.71 bits per heavy atom. The first kappa shape index (κ1) is 19.0. The third-order valence-electron chi connectivity index (χ3n) is 5.54. The Hall–Kier alpha value is -3.94. The molecule has 0 spiro atoms. The van der Waals surface area contributed by atoms with E-state index in [0.717, 1.165) is 41.5 Å². The quantitative estimate of drug-likeness (QED) is 0.542. The fourth-order valence-electron chi connectivity index (χ4n) is 3.91. The second-order valence-electron chi connectivity index (χ2n) is 7.41. The van der Waals surface area contributed by atoms with Crippen LogP contribution in [0.5, 0.6) is 0 Å². The third-order valence-corrected chi connectivity index (χ3v) is 5.54. The van der Waals surface area contributed by atoms with Gasteiger partial charge in [-0.3, -0.25) is 19.2 Å². The summed E-state index contributed by atoms with van der Waals surface area (Å²) in [6.45, 7) is 3.24. The molecule has 156 valence electrons. The lowest BCUT2D eigenvalue weighted by atomic mass is 10.1. The topological polar surface area (TPSA) is 78.7 Å². The number of aromatic nitrogens is 4. The number of pyridine rings is 1. The molecular weight excluding hydrogens is 390 g/mol. The van der Waals surface area contributed by atoms with E-state index in [2.05, 4.69) is 20.2 Å². The van der Waals surface area contributed by atoms with Crippen LogP contribution in [0.1, 0.15) is 0 Å². The van der Waals surface area contributed by atoms with Crippen molar-refractivity contribution < 1.29 is 4.79 Å². The van der Waals surface area contributed by atoms with Gasteiger partial charge in [-0.15, -0.1) is 0 Å². The number of rotatable bonds is 5. The van der Waals surface area contributed by atoms with Crippen LogP contribution in [0.25, 0.3) is 16.9 Å². The molecule has 4 aromatic rings. The van der Waals surface area contributed by atoms with Crippen molar-refractivity contribution in [2.24, 2.45) is 0 Å². The highest BCUT2D eigenvalue weighted by molar-refractivity contribution is 5.84. The van der Waals surface area contributed by atoms with Gasteiger partial charge in [-0.05, 0) is 12.1 Å². The summed E-state index contributed by atoms with van der Waals surface area (Å²) >= 11 is 0. The predicted octanol–water partition coefficient (Wildman–Crippen LogP) is 2.55. The Kier molecular flexibility index (Phi) is 5.18. The van der Waals surface area contributed by atoms with Gasteiger partial charge in [0, 0.05) is 62.2 Å². The smallest absolute Gasteiger partial charge is 0.242 e. The Labute approximate surface area is 180 Å². The van der Waals surface area contributed by atoms with E-state index >= 15 is 0 Å². The van der Waals surface area contributed by atoms with Gasteiger partial charge in [-0.25, -0.2) is 4.98 Å². The molecule has 0 radical (unpaired) electrons. The van der Waals surface area contributed by atoms with E-state index in [4.69, 9.17) is 4.98 Å². The molecule has 0 unspecified atom stereocenters. The van der Waals surface area contributed by atoms with Crippen molar-refractivity contribution >= 4 is 23.1 Å². The Morgan fingerprint density at radius 3 is 2.48 bits per heavy atom. The van der Waals surface area contributed by atoms with E-state index in [1.807, 2.05) is 58.0 Å². The second kappa shape index (κ2) is 8.43. The summed E-state index contributed by atoms with van der Waals surface area (Å²) < 4.78 is 1.93. The fourth-order valence-corrected chi connectivity index (χ4v) is 3.91. The first-order valence-corrected chi connectivity index (χ1v) is 10.3. The highest BCUT2D eigenvalue weighted by Crippen LogP contribution is 2.28. The molecule has 0 aliphatic carbocycles. The van der Waals surface area contributed by atoms with Crippen LogP contribution in [0, 0.1) is 0 Å². The van der Waals surface area contributed by atoms with Crippen molar-refractivity contribution in [3.63, 3.8) is 0 Å². The summed E-state index contributed by atoms with van der Waals surface area (Å²) in [6.07, 6.45) is 8.89. The van der Waals surface area contributed by atoms with Crippen molar-refractivity contribution in [1.82, 2.24) is 24.3 Å². The van der Waals surface area contributed by atoms with Crippen molar-refractivity contribution in [2.75, 3.05) is 42.9 Å². The first-order chi connectivity index (χ1) is 15.3. The van der Waals surface area contributed by atoms with Crippen LogP contribution < -0.4 is 10.2 Å². The molecule has 5 rings (SSSR count). The number of imidazole rings is 1. The summed E-state index contributed by atoms with van der Waals surface area (Å²) in [5.74, 6) is 0.879. The number of anilines is 2. The Balaban J connectivity index is 1.29. The van der Waals surface area contributed by atoms with Gasteiger partial charge < -0.3 is 15.1 Å². The largest absolute Gasteiger partial charge is 0.368 e. The number of benzene rings is 1. The lowest BCUT2D eigenvalue weighted by Crippen LogP contribution is -2.50. The van der Waals surface area contributed by atoms with Gasteiger partial charge in [-0.2, -0.15) is 0 Å². The van der Waals surface area contributed by atoms with Crippen LogP contribution in [-0.2, 0) is 4.79 Å². The molecule has 1 amide bonds. The highest BCUT2D eigenvalue weighted by atomic mass is 16.2. The van der Waals surface area contributed by atoms with E-state index < -0.39 is 0 Å². The molecule has 1 aromatic carbocycles. The van der Waals surface area contributed by atoms with E-state index in [0.29, 0.717) is 13.1 Å². The zero-order valence-electron chi connectivity index (χ0n) is 17.1. The van der Waals surface area contributed by atoms with Gasteiger partial charge in [0.15, 0.2) is 5.65 Å². The maximum Gasteiger partial charge on any atom is 0.242 e. The van der Waals surface area contributed by atoms with Crippen LogP contribution in [0.2, 0.25) is 0 Å². The van der Waals surface area contributed by atoms with Crippen molar-refractivity contribution in [3.05, 3.63) is 73.4 Å². The lowest BCUT2D eigenvalue weighted by molar-refractivity contribution is -0.129. The number of piperazine rings is 1. The minimum absolute atomic E-state index is 0.0809. The van der Waals surface area contributed by atoms with Gasteiger partial charge in [0.1, 0.15) is 11.5 Å². The molecule has 1 aliphatic rings. The average Bonchev–Trinajstić information content (AvgIpc) is 3.22. The molecule has 0 bridgehead atoms. The highest BCUT2D eigenvalue weighted by Gasteiger charge is 2.22. The molecule has 31 heavy (non-hydrogen) atoms. The third kappa shape index (κ3) is 3.92. The van der Waals surface area contributed by atoms with Gasteiger partial charge in [0.2, 0.25) is 5.91 Å². The first-order valence-electron chi connectivity index (χ1n) is 10.3. The molecule has 1 saturated heterocycles. The SMILES string of the molecule is O=C(CNc1c(-c2ccccc2)nc2cnccn12)N1CCN(c2ccncc2)CC1. The Morgan fingerprint density at radius 1 is 0.935 bits per heavy atom. The van der Waals surface area contributed by atoms with Crippen molar-refractivity contribution in [3.8, 4) is 11.3 Å². The van der Waals surface area contributed by atoms with Crippen LogP contribution in [0.3, 0.4) is 0 Å². The summed E-state index contributed by atoms with van der Waals surface area (Å²) in [7, 11) is 0. The van der Waals surface area contributed by atoms with Crippen LogP contribution in [0.15, 0.2) is 73.4 Å². The van der Waals surface area contributed by atoms with Crippen molar-refractivity contribution in [1.29, 1.82) is 0 Å². The summed E-state index contributed by atoms with van der Waals surface area (Å²) in [5.41, 5.74) is 3.69. The number of carbonyl (C=O) groups excluding carboxylic acids is 1. The van der Waals surface area contributed by atoms with E-state index in [1.165, 1.54) is 0 Å². The number of carbonyl (C=O) groups is 1. The lowest BCUT2D eigenvalue weighted by Gasteiger charge is -2.36. The predicted molar refractivity (Wildman–Crippen MR) is 120 cm³/mol. The summed E-state index contributed by atoms with van der Waals surface area (Å²) in [4.78, 5) is 30.1. The van der Waals surface area contributed by atoms with Crippen molar-refractivity contribution in [2.45, 2.75) is 0 Å². The monoisotopic (exact) mass is 413 g/mol. The van der Waals surface area contributed by atoms with Gasteiger partial charge in [0.25, 0.3) is 0 Å². The van der Waals surface area contributed by atoms with E-state index in [9.17, 15) is 4.79 Å². The molecule has 0 saturated carbocycles. The number of hydrogen-bond donors (Lipinski definition) is 1. The molecular formula is C23H23N7O. The number of hydrogen-bond acceptors (Lipinski definition) is 6. The molecule has 4 heterocycles. The number of fused-ring (bicyclic) bond motifs is 1. The molecule has 0 atom stereocenters. The molecule has 1 aliphatic heterocycles. The van der Waals surface area contributed by atoms with Gasteiger partial charge in [-0.1, -0.05) is 30.3 Å². The molecule has 3 aromatic heterocycles. The minimum Gasteiger partial charge on any atom is -0.368 e. The van der Waals surface area contributed by atoms with Crippen LogP contribution in [-0.4, -0.2) is 62.9 Å². The standard InChI is InChI=1S/C23H23N7O/c31-21(29-14-12-28(13-15-29)19-6-8-24-9-7-19)17-26-23-22(18-4-2-1-3-5-18)27-20-16-25-10-11-30(20)23/h1-11,16,26H,12-15,17H2. The fraction of sp³-hybridized carbons (Fsp3) is 0.217. The maximum absolute atomic E-state index is 12.9.